The first-order valence-corrected chi connectivity index (χ1v) is 4.41. The molecule has 0 spiro atoms. The average molecular weight is 179 g/mol. The zero-order valence-electron chi connectivity index (χ0n) is 7.58. The molecule has 0 saturated carbocycles. The lowest BCUT2D eigenvalue weighted by atomic mass is 10.1. The van der Waals surface area contributed by atoms with E-state index in [1.165, 1.54) is 11.1 Å². The Morgan fingerprint density at radius 3 is 3.23 bits per heavy atom. The predicted octanol–water partition coefficient (Wildman–Crippen LogP) is 1.26. The molecule has 1 unspecified atom stereocenters. The number of anilines is 1. The quantitative estimate of drug-likeness (QED) is 0.630. The lowest BCUT2D eigenvalue weighted by Gasteiger charge is -2.11. The molecule has 2 rings (SSSR count). The van der Waals surface area contributed by atoms with Crippen molar-refractivity contribution in [2.75, 3.05) is 11.9 Å². The van der Waals surface area contributed by atoms with E-state index in [4.69, 9.17) is 4.74 Å². The number of hydrogen-bond acceptors (Lipinski definition) is 3. The van der Waals surface area contributed by atoms with Crippen LogP contribution in [0.1, 0.15) is 11.1 Å². The third-order valence-electron chi connectivity index (χ3n) is 2.19. The Kier molecular flexibility index (Phi) is 2.20. The monoisotopic (exact) mass is 179 g/mol. The highest BCUT2D eigenvalue weighted by molar-refractivity contribution is 5.53. The first-order valence-electron chi connectivity index (χ1n) is 4.41. The molecule has 0 bridgehead atoms. The second kappa shape index (κ2) is 3.36. The highest BCUT2D eigenvalue weighted by Crippen LogP contribution is 2.21. The summed E-state index contributed by atoms with van der Waals surface area (Å²) in [5.41, 5.74) is 3.41. The Morgan fingerprint density at radius 1 is 1.54 bits per heavy atom. The van der Waals surface area contributed by atoms with E-state index >= 15 is 0 Å². The highest BCUT2D eigenvalue weighted by atomic mass is 16.6. The van der Waals surface area contributed by atoms with Crippen LogP contribution in [0, 0.1) is 6.92 Å². The van der Waals surface area contributed by atoms with E-state index in [1.807, 2.05) is 12.1 Å². The van der Waals surface area contributed by atoms with E-state index in [-0.39, 0.29) is 0 Å². The molecular weight excluding hydrogens is 166 g/mol. The number of benzene rings is 1. The first-order chi connectivity index (χ1) is 6.25. The molecular formula is C10H13NO2. The molecule has 1 aromatic rings. The second-order valence-corrected chi connectivity index (χ2v) is 3.28. The van der Waals surface area contributed by atoms with Crippen molar-refractivity contribution >= 4 is 5.69 Å². The Balaban J connectivity index is 2.34. The van der Waals surface area contributed by atoms with Crippen LogP contribution >= 0.6 is 0 Å². The fourth-order valence-corrected chi connectivity index (χ4v) is 1.53. The van der Waals surface area contributed by atoms with Crippen molar-refractivity contribution in [1.29, 1.82) is 0 Å². The van der Waals surface area contributed by atoms with Gasteiger partial charge in [0.2, 0.25) is 6.41 Å². The van der Waals surface area contributed by atoms with E-state index in [2.05, 4.69) is 18.3 Å². The zero-order chi connectivity index (χ0) is 9.26. The topological polar surface area (TPSA) is 41.5 Å². The third kappa shape index (κ3) is 1.82. The number of aliphatic hydroxyl groups excluding tert-OH is 1. The summed E-state index contributed by atoms with van der Waals surface area (Å²) >= 11 is 0. The molecule has 1 aliphatic rings. The van der Waals surface area contributed by atoms with Crippen LogP contribution in [-0.4, -0.2) is 18.1 Å². The lowest BCUT2D eigenvalue weighted by Crippen LogP contribution is -2.20. The molecule has 3 nitrogen and oxygen atoms in total. The van der Waals surface area contributed by atoms with Crippen molar-refractivity contribution in [2.45, 2.75) is 19.8 Å². The summed E-state index contributed by atoms with van der Waals surface area (Å²) in [4.78, 5) is 0. The minimum absolute atomic E-state index is 0.560. The summed E-state index contributed by atoms with van der Waals surface area (Å²) in [5.74, 6) is 0. The maximum Gasteiger partial charge on any atom is 0.235 e. The van der Waals surface area contributed by atoms with Crippen LogP contribution in [0.25, 0.3) is 0 Å². The second-order valence-electron chi connectivity index (χ2n) is 3.28. The lowest BCUT2D eigenvalue weighted by molar-refractivity contribution is -0.0744. The largest absolute Gasteiger partial charge is 0.351 e. The fraction of sp³-hybridized carbons (Fsp3) is 0.400. The summed E-state index contributed by atoms with van der Waals surface area (Å²) in [5, 5.41) is 12.2. The van der Waals surface area contributed by atoms with Gasteiger partial charge in [0.25, 0.3) is 0 Å². The van der Waals surface area contributed by atoms with Crippen molar-refractivity contribution in [3.63, 3.8) is 0 Å². The van der Waals surface area contributed by atoms with Gasteiger partial charge < -0.3 is 15.2 Å². The Bertz CT molecular complexity index is 312. The van der Waals surface area contributed by atoms with Crippen molar-refractivity contribution in [1.82, 2.24) is 0 Å². The number of fused-ring (bicyclic) bond motifs is 1. The molecule has 1 atom stereocenters. The van der Waals surface area contributed by atoms with Gasteiger partial charge in [-0.05, 0) is 25.0 Å². The van der Waals surface area contributed by atoms with Gasteiger partial charge in [0.05, 0.1) is 6.61 Å². The van der Waals surface area contributed by atoms with Gasteiger partial charge in [0.15, 0.2) is 0 Å². The van der Waals surface area contributed by atoms with E-state index in [9.17, 15) is 5.11 Å². The molecule has 0 fully saturated rings. The molecule has 1 aromatic carbocycles. The Labute approximate surface area is 77.3 Å². The molecule has 1 aliphatic heterocycles. The van der Waals surface area contributed by atoms with Crippen LogP contribution in [0.15, 0.2) is 18.2 Å². The van der Waals surface area contributed by atoms with Crippen LogP contribution < -0.4 is 5.32 Å². The summed E-state index contributed by atoms with van der Waals surface area (Å²) in [6.45, 7) is 2.62. The predicted molar refractivity (Wildman–Crippen MR) is 50.5 cm³/mol. The number of ether oxygens (including phenoxy) is 1. The van der Waals surface area contributed by atoms with Gasteiger partial charge in [-0.1, -0.05) is 17.7 Å². The fourth-order valence-electron chi connectivity index (χ4n) is 1.53. The van der Waals surface area contributed by atoms with E-state index in [1.54, 1.807) is 0 Å². The molecule has 2 N–H and O–H groups in total. The summed E-state index contributed by atoms with van der Waals surface area (Å²) in [6, 6.07) is 6.11. The summed E-state index contributed by atoms with van der Waals surface area (Å²) < 4.78 is 5.07. The van der Waals surface area contributed by atoms with Gasteiger partial charge >= 0.3 is 0 Å². The third-order valence-corrected chi connectivity index (χ3v) is 2.19. The van der Waals surface area contributed by atoms with E-state index in [0.717, 1.165) is 12.1 Å². The van der Waals surface area contributed by atoms with Crippen molar-refractivity contribution in [3.8, 4) is 0 Å². The molecule has 70 valence electrons. The minimum Gasteiger partial charge on any atom is -0.351 e. The van der Waals surface area contributed by atoms with Crippen molar-refractivity contribution in [2.24, 2.45) is 0 Å². The number of hydrogen-bond donors (Lipinski definition) is 2. The van der Waals surface area contributed by atoms with Gasteiger partial charge in [0.1, 0.15) is 0 Å². The molecule has 0 aromatic heterocycles. The average Bonchev–Trinajstić information content (AvgIpc) is 2.25. The SMILES string of the molecule is Cc1ccc2c(c1)CCOC(O)N2. The van der Waals surface area contributed by atoms with Crippen molar-refractivity contribution in [3.05, 3.63) is 29.3 Å². The summed E-state index contributed by atoms with van der Waals surface area (Å²) in [6.07, 6.45) is -0.0230. The minimum atomic E-state index is -0.871. The molecule has 13 heavy (non-hydrogen) atoms. The molecule has 0 amide bonds. The standard InChI is InChI=1S/C10H13NO2/c1-7-2-3-9-8(6-7)4-5-13-10(12)11-9/h2-3,6,10-12H,4-5H2,1H3. The Hall–Kier alpha value is -1.06. The van der Waals surface area contributed by atoms with Crippen molar-refractivity contribution < 1.29 is 9.84 Å². The van der Waals surface area contributed by atoms with Gasteiger partial charge in [-0.2, -0.15) is 0 Å². The molecule has 3 heteroatoms. The van der Waals surface area contributed by atoms with Crippen LogP contribution in [0.5, 0.6) is 0 Å². The number of nitrogens with one attached hydrogen (secondary N) is 1. The summed E-state index contributed by atoms with van der Waals surface area (Å²) in [7, 11) is 0. The number of aryl methyl sites for hydroxylation is 1. The molecule has 0 radical (unpaired) electrons. The van der Waals surface area contributed by atoms with Crippen LogP contribution in [0.2, 0.25) is 0 Å². The molecule has 1 heterocycles. The molecule has 0 saturated heterocycles. The normalized spacial score (nSPS) is 21.5. The van der Waals surface area contributed by atoms with Gasteiger partial charge in [0, 0.05) is 5.69 Å². The smallest absolute Gasteiger partial charge is 0.235 e. The van der Waals surface area contributed by atoms with E-state index < -0.39 is 6.41 Å². The van der Waals surface area contributed by atoms with Crippen LogP contribution in [-0.2, 0) is 11.2 Å². The maximum absolute atomic E-state index is 9.27. The number of aliphatic hydroxyl groups is 1. The van der Waals surface area contributed by atoms with Crippen LogP contribution in [0.3, 0.4) is 0 Å². The highest BCUT2D eigenvalue weighted by Gasteiger charge is 2.12. The number of rotatable bonds is 0. The maximum atomic E-state index is 9.27. The van der Waals surface area contributed by atoms with Gasteiger partial charge in [-0.15, -0.1) is 0 Å². The molecule has 0 aliphatic carbocycles. The first kappa shape index (κ1) is 8.53. The van der Waals surface area contributed by atoms with Crippen LogP contribution in [0.4, 0.5) is 5.69 Å². The zero-order valence-corrected chi connectivity index (χ0v) is 7.58. The van der Waals surface area contributed by atoms with E-state index in [0.29, 0.717) is 6.61 Å². The van der Waals surface area contributed by atoms with Gasteiger partial charge in [-0.3, -0.25) is 0 Å². The van der Waals surface area contributed by atoms with Gasteiger partial charge in [-0.25, -0.2) is 0 Å². The Morgan fingerprint density at radius 2 is 2.38 bits per heavy atom.